The second kappa shape index (κ2) is 3.13. The molecule has 1 fully saturated rings. The molecule has 2 unspecified atom stereocenters. The maximum absolute atomic E-state index is 11.9. The van der Waals surface area contributed by atoms with Crippen molar-refractivity contribution >= 4 is 5.97 Å². The number of aliphatic carboxylic acids is 1. The third kappa shape index (κ3) is 1.86. The van der Waals surface area contributed by atoms with Crippen LogP contribution in [0.15, 0.2) is 0 Å². The third-order valence-electron chi connectivity index (χ3n) is 1.82. The number of nitrogens with one attached hydrogen (secondary N) is 1. The zero-order chi connectivity index (χ0) is 8.43. The summed E-state index contributed by atoms with van der Waals surface area (Å²) < 4.78 is 23.9. The molecule has 3 nitrogen and oxygen atoms in total. The van der Waals surface area contributed by atoms with Crippen LogP contribution in [0.1, 0.15) is 6.42 Å². The minimum Gasteiger partial charge on any atom is -0.480 e. The molecule has 2 N–H and O–H groups in total. The van der Waals surface area contributed by atoms with Crippen LogP contribution in [0.2, 0.25) is 0 Å². The standard InChI is InChI=1S/C6H9F2NO2/c7-5(8)3-1-4(6(10)11)9-2-3/h3-5,9H,1-2H2,(H,10,11). The van der Waals surface area contributed by atoms with E-state index in [9.17, 15) is 13.6 Å². The first-order valence-electron chi connectivity index (χ1n) is 3.35. The maximum atomic E-state index is 11.9. The van der Waals surface area contributed by atoms with Gasteiger partial charge in [0.1, 0.15) is 6.04 Å². The predicted molar refractivity (Wildman–Crippen MR) is 33.5 cm³/mol. The normalized spacial score (nSPS) is 31.2. The van der Waals surface area contributed by atoms with Gasteiger partial charge in [0.25, 0.3) is 0 Å². The van der Waals surface area contributed by atoms with Crippen molar-refractivity contribution in [2.45, 2.75) is 18.9 Å². The molecule has 0 bridgehead atoms. The van der Waals surface area contributed by atoms with E-state index in [0.717, 1.165) is 0 Å². The van der Waals surface area contributed by atoms with Gasteiger partial charge in [-0.2, -0.15) is 0 Å². The largest absolute Gasteiger partial charge is 0.480 e. The topological polar surface area (TPSA) is 49.3 Å². The van der Waals surface area contributed by atoms with Gasteiger partial charge in [0.15, 0.2) is 0 Å². The molecule has 0 saturated carbocycles. The van der Waals surface area contributed by atoms with Gasteiger partial charge in [-0.3, -0.25) is 4.79 Å². The van der Waals surface area contributed by atoms with E-state index >= 15 is 0 Å². The van der Waals surface area contributed by atoms with Crippen LogP contribution in [0, 0.1) is 5.92 Å². The van der Waals surface area contributed by atoms with Gasteiger partial charge in [0, 0.05) is 12.5 Å². The van der Waals surface area contributed by atoms with Crippen LogP contribution < -0.4 is 5.32 Å². The van der Waals surface area contributed by atoms with E-state index in [-0.39, 0.29) is 13.0 Å². The van der Waals surface area contributed by atoms with Crippen molar-refractivity contribution in [3.63, 3.8) is 0 Å². The summed E-state index contributed by atoms with van der Waals surface area (Å²) >= 11 is 0. The summed E-state index contributed by atoms with van der Waals surface area (Å²) in [6, 6.07) is -0.783. The molecule has 0 spiro atoms. The number of alkyl halides is 2. The predicted octanol–water partition coefficient (Wildman–Crippen LogP) is 0.314. The van der Waals surface area contributed by atoms with Crippen molar-refractivity contribution < 1.29 is 18.7 Å². The van der Waals surface area contributed by atoms with Gasteiger partial charge in [0.2, 0.25) is 6.43 Å². The van der Waals surface area contributed by atoms with E-state index in [1.54, 1.807) is 0 Å². The fourth-order valence-corrected chi connectivity index (χ4v) is 1.14. The molecular formula is C6H9F2NO2. The van der Waals surface area contributed by atoms with Gasteiger partial charge in [-0.1, -0.05) is 0 Å². The lowest BCUT2D eigenvalue weighted by atomic mass is 10.1. The smallest absolute Gasteiger partial charge is 0.320 e. The van der Waals surface area contributed by atoms with Gasteiger partial charge < -0.3 is 10.4 Å². The van der Waals surface area contributed by atoms with Gasteiger partial charge in [-0.05, 0) is 6.42 Å². The Bertz CT molecular complexity index is 163. The molecule has 2 atom stereocenters. The molecule has 64 valence electrons. The van der Waals surface area contributed by atoms with E-state index in [1.165, 1.54) is 0 Å². The highest BCUT2D eigenvalue weighted by Crippen LogP contribution is 2.20. The molecular weight excluding hydrogens is 156 g/mol. The Morgan fingerprint density at radius 2 is 2.27 bits per heavy atom. The summed E-state index contributed by atoms with van der Waals surface area (Å²) in [5.74, 6) is -1.84. The number of carbonyl (C=O) groups is 1. The number of hydrogen-bond acceptors (Lipinski definition) is 2. The molecule has 11 heavy (non-hydrogen) atoms. The average molecular weight is 165 g/mol. The number of halogens is 2. The highest BCUT2D eigenvalue weighted by atomic mass is 19.3. The maximum Gasteiger partial charge on any atom is 0.320 e. The van der Waals surface area contributed by atoms with E-state index in [1.807, 2.05) is 0 Å². The van der Waals surface area contributed by atoms with E-state index < -0.39 is 24.4 Å². The first-order chi connectivity index (χ1) is 5.11. The molecule has 1 aliphatic rings. The van der Waals surface area contributed by atoms with Crippen molar-refractivity contribution in [1.29, 1.82) is 0 Å². The Morgan fingerprint density at radius 3 is 2.55 bits per heavy atom. The molecule has 0 radical (unpaired) electrons. The molecule has 1 heterocycles. The summed E-state index contributed by atoms with van der Waals surface area (Å²) in [6.07, 6.45) is -2.38. The number of carboxylic acid groups (broad SMARTS) is 1. The number of carboxylic acids is 1. The highest BCUT2D eigenvalue weighted by molar-refractivity contribution is 5.73. The molecule has 0 aromatic rings. The van der Waals surface area contributed by atoms with Gasteiger partial charge in [-0.15, -0.1) is 0 Å². The Hall–Kier alpha value is -0.710. The van der Waals surface area contributed by atoms with Crippen molar-refractivity contribution in [3.05, 3.63) is 0 Å². The molecule has 0 aromatic heterocycles. The second-order valence-electron chi connectivity index (χ2n) is 2.63. The lowest BCUT2D eigenvalue weighted by Crippen LogP contribution is -2.29. The van der Waals surface area contributed by atoms with Crippen molar-refractivity contribution in [1.82, 2.24) is 5.32 Å². The number of hydrogen-bond donors (Lipinski definition) is 2. The second-order valence-corrected chi connectivity index (χ2v) is 2.63. The Balaban J connectivity index is 2.41. The van der Waals surface area contributed by atoms with Crippen molar-refractivity contribution in [3.8, 4) is 0 Å². The Labute approximate surface area is 62.4 Å². The van der Waals surface area contributed by atoms with Gasteiger partial charge in [0.05, 0.1) is 0 Å². The first kappa shape index (κ1) is 8.39. The first-order valence-corrected chi connectivity index (χ1v) is 3.35. The quantitative estimate of drug-likeness (QED) is 0.619. The van der Waals surface area contributed by atoms with Gasteiger partial charge >= 0.3 is 5.97 Å². The molecule has 0 amide bonds. The van der Waals surface area contributed by atoms with Gasteiger partial charge in [-0.25, -0.2) is 8.78 Å². The van der Waals surface area contributed by atoms with Crippen LogP contribution in [0.4, 0.5) is 8.78 Å². The van der Waals surface area contributed by atoms with Crippen LogP contribution in [-0.4, -0.2) is 30.1 Å². The zero-order valence-corrected chi connectivity index (χ0v) is 5.76. The molecule has 1 saturated heterocycles. The average Bonchev–Trinajstić information content (AvgIpc) is 2.33. The third-order valence-corrected chi connectivity index (χ3v) is 1.82. The molecule has 1 rings (SSSR count). The summed E-state index contributed by atoms with van der Waals surface area (Å²) in [7, 11) is 0. The number of rotatable bonds is 2. The molecule has 5 heteroatoms. The SMILES string of the molecule is O=C(O)C1CC(C(F)F)CN1. The summed E-state index contributed by atoms with van der Waals surface area (Å²) in [5, 5.41) is 10.9. The van der Waals surface area contributed by atoms with Crippen LogP contribution >= 0.6 is 0 Å². The zero-order valence-electron chi connectivity index (χ0n) is 5.76. The van der Waals surface area contributed by atoms with E-state index in [4.69, 9.17) is 5.11 Å². The Morgan fingerprint density at radius 1 is 1.64 bits per heavy atom. The van der Waals surface area contributed by atoms with Crippen LogP contribution in [0.25, 0.3) is 0 Å². The van der Waals surface area contributed by atoms with Crippen molar-refractivity contribution in [2.75, 3.05) is 6.54 Å². The minimum atomic E-state index is -2.41. The van der Waals surface area contributed by atoms with Crippen LogP contribution in [0.5, 0.6) is 0 Å². The highest BCUT2D eigenvalue weighted by Gasteiger charge is 2.34. The van der Waals surface area contributed by atoms with Crippen molar-refractivity contribution in [2.24, 2.45) is 5.92 Å². The summed E-state index contributed by atoms with van der Waals surface area (Å²) in [6.45, 7) is 0.106. The summed E-state index contributed by atoms with van der Waals surface area (Å²) in [4.78, 5) is 10.3. The molecule has 0 aromatic carbocycles. The molecule has 0 aliphatic carbocycles. The minimum absolute atomic E-state index is 0.0347. The summed E-state index contributed by atoms with van der Waals surface area (Å²) in [5.41, 5.74) is 0. The van der Waals surface area contributed by atoms with Crippen LogP contribution in [0.3, 0.4) is 0 Å². The Kier molecular flexibility index (Phi) is 2.38. The lowest BCUT2D eigenvalue weighted by Gasteiger charge is -2.04. The fourth-order valence-electron chi connectivity index (χ4n) is 1.14. The lowest BCUT2D eigenvalue weighted by molar-refractivity contribution is -0.139. The fraction of sp³-hybridized carbons (Fsp3) is 0.833. The monoisotopic (exact) mass is 165 g/mol. The van der Waals surface area contributed by atoms with E-state index in [0.29, 0.717) is 0 Å². The van der Waals surface area contributed by atoms with Crippen LogP contribution in [-0.2, 0) is 4.79 Å². The molecule has 1 aliphatic heterocycles. The van der Waals surface area contributed by atoms with E-state index in [2.05, 4.69) is 5.32 Å².